The molecule has 6 nitrogen and oxygen atoms in total. The van der Waals surface area contributed by atoms with Gasteiger partial charge in [0, 0.05) is 5.39 Å². The summed E-state index contributed by atoms with van der Waals surface area (Å²) in [6.45, 7) is 2.04. The Morgan fingerprint density at radius 3 is 2.74 bits per heavy atom. The van der Waals surface area contributed by atoms with E-state index >= 15 is 0 Å². The van der Waals surface area contributed by atoms with Crippen LogP contribution in [0, 0.1) is 0 Å². The zero-order valence-corrected chi connectivity index (χ0v) is 15.4. The van der Waals surface area contributed by atoms with Gasteiger partial charge in [0.2, 0.25) is 0 Å². The summed E-state index contributed by atoms with van der Waals surface area (Å²) in [5.74, 6) is -0.703. The predicted molar refractivity (Wildman–Crippen MR) is 103 cm³/mol. The molecule has 0 aliphatic rings. The minimum absolute atomic E-state index is 0.00982. The van der Waals surface area contributed by atoms with Crippen molar-refractivity contribution in [2.24, 2.45) is 4.99 Å². The van der Waals surface area contributed by atoms with E-state index < -0.39 is 5.91 Å². The van der Waals surface area contributed by atoms with Crippen LogP contribution in [-0.2, 0) is 16.1 Å². The average molecular weight is 380 g/mol. The number of thiazole rings is 1. The number of esters is 1. The zero-order valence-electron chi connectivity index (χ0n) is 14.5. The summed E-state index contributed by atoms with van der Waals surface area (Å²) in [5.41, 5.74) is 1.46. The molecule has 0 fully saturated rings. The monoisotopic (exact) mass is 380 g/mol. The number of amides is 1. The number of ether oxygens (including phenoxy) is 1. The number of para-hydroxylation sites is 2. The van der Waals surface area contributed by atoms with Crippen LogP contribution >= 0.6 is 11.3 Å². The van der Waals surface area contributed by atoms with E-state index in [1.54, 1.807) is 23.6 Å². The lowest BCUT2D eigenvalue weighted by Crippen LogP contribution is -2.23. The van der Waals surface area contributed by atoms with E-state index in [0.717, 1.165) is 15.6 Å². The smallest absolute Gasteiger partial charge is 0.326 e. The Balaban J connectivity index is 1.79. The Labute approximate surface area is 158 Å². The molecule has 4 aromatic rings. The molecule has 0 radical (unpaired) electrons. The van der Waals surface area contributed by atoms with Crippen molar-refractivity contribution in [3.8, 4) is 0 Å². The molecular weight excluding hydrogens is 364 g/mol. The molecule has 0 aliphatic heterocycles. The van der Waals surface area contributed by atoms with E-state index in [9.17, 15) is 9.59 Å². The van der Waals surface area contributed by atoms with E-state index in [4.69, 9.17) is 9.15 Å². The number of fused-ring (bicyclic) bond motifs is 2. The standard InChI is InChI=1S/C20H16N2O4S/c1-2-25-18(23)12-22-14-8-4-6-10-17(14)27-20(22)21-19(24)16-11-13-7-3-5-9-15(13)26-16/h3-11H,2,12H2,1H3. The summed E-state index contributed by atoms with van der Waals surface area (Å²) in [4.78, 5) is 29.3. The molecule has 136 valence electrons. The van der Waals surface area contributed by atoms with E-state index in [1.807, 2.05) is 42.5 Å². The summed E-state index contributed by atoms with van der Waals surface area (Å²) in [5, 5.41) is 0.840. The minimum Gasteiger partial charge on any atom is -0.465 e. The van der Waals surface area contributed by atoms with Crippen LogP contribution in [0.3, 0.4) is 0 Å². The van der Waals surface area contributed by atoms with Crippen LogP contribution in [0.1, 0.15) is 17.5 Å². The van der Waals surface area contributed by atoms with Crippen molar-refractivity contribution >= 4 is 44.4 Å². The highest BCUT2D eigenvalue weighted by Gasteiger charge is 2.15. The Hall–Kier alpha value is -3.19. The number of aromatic nitrogens is 1. The Kier molecular flexibility index (Phi) is 4.60. The highest BCUT2D eigenvalue weighted by molar-refractivity contribution is 7.16. The fraction of sp³-hybridized carbons (Fsp3) is 0.150. The maximum atomic E-state index is 12.6. The first-order valence-corrected chi connectivity index (χ1v) is 9.29. The fourth-order valence-electron chi connectivity index (χ4n) is 2.82. The van der Waals surface area contributed by atoms with Gasteiger partial charge in [-0.15, -0.1) is 0 Å². The molecule has 0 bridgehead atoms. The topological polar surface area (TPSA) is 73.8 Å². The largest absolute Gasteiger partial charge is 0.465 e. The Bertz CT molecular complexity index is 1180. The molecule has 0 N–H and O–H groups in total. The molecular formula is C20H16N2O4S. The average Bonchev–Trinajstić information content (AvgIpc) is 3.24. The number of hydrogen-bond acceptors (Lipinski definition) is 5. The first-order valence-electron chi connectivity index (χ1n) is 8.47. The van der Waals surface area contributed by atoms with E-state index in [1.165, 1.54) is 11.3 Å². The maximum Gasteiger partial charge on any atom is 0.326 e. The van der Waals surface area contributed by atoms with Crippen LogP contribution in [0.4, 0.5) is 0 Å². The van der Waals surface area contributed by atoms with Crippen molar-refractivity contribution < 1.29 is 18.7 Å². The van der Waals surface area contributed by atoms with Crippen LogP contribution in [0.5, 0.6) is 0 Å². The van der Waals surface area contributed by atoms with Gasteiger partial charge in [0.1, 0.15) is 12.1 Å². The van der Waals surface area contributed by atoms with Crippen LogP contribution in [-0.4, -0.2) is 23.1 Å². The Morgan fingerprint density at radius 1 is 1.15 bits per heavy atom. The summed E-state index contributed by atoms with van der Waals surface area (Å²) >= 11 is 1.34. The molecule has 1 amide bonds. The second-order valence-corrected chi connectivity index (χ2v) is 6.82. The molecule has 0 saturated heterocycles. The van der Waals surface area contributed by atoms with Crippen molar-refractivity contribution in [2.75, 3.05) is 6.61 Å². The lowest BCUT2D eigenvalue weighted by molar-refractivity contribution is -0.143. The van der Waals surface area contributed by atoms with Gasteiger partial charge >= 0.3 is 11.9 Å². The number of nitrogens with zero attached hydrogens (tertiary/aromatic N) is 2. The first-order chi connectivity index (χ1) is 13.2. The van der Waals surface area contributed by atoms with E-state index in [2.05, 4.69) is 4.99 Å². The van der Waals surface area contributed by atoms with E-state index in [0.29, 0.717) is 17.0 Å². The van der Waals surface area contributed by atoms with Gasteiger partial charge in [-0.25, -0.2) is 0 Å². The van der Waals surface area contributed by atoms with Gasteiger partial charge in [-0.1, -0.05) is 41.7 Å². The summed E-state index contributed by atoms with van der Waals surface area (Å²) in [6, 6.07) is 16.6. The van der Waals surface area contributed by atoms with Gasteiger partial charge in [0.25, 0.3) is 0 Å². The molecule has 27 heavy (non-hydrogen) atoms. The van der Waals surface area contributed by atoms with Crippen molar-refractivity contribution in [3.63, 3.8) is 0 Å². The third-order valence-electron chi connectivity index (χ3n) is 4.01. The molecule has 4 rings (SSSR count). The first kappa shape index (κ1) is 17.2. The molecule has 0 unspecified atom stereocenters. The predicted octanol–water partition coefficient (Wildman–Crippen LogP) is 3.75. The SMILES string of the molecule is CCOC(=O)Cn1c(=NC(=O)c2cc3ccccc3o2)sc2ccccc21. The number of carbonyl (C=O) groups is 2. The molecule has 0 spiro atoms. The molecule has 0 atom stereocenters. The van der Waals surface area contributed by atoms with Crippen molar-refractivity contribution in [1.29, 1.82) is 0 Å². The molecule has 2 heterocycles. The minimum atomic E-state index is -0.490. The lowest BCUT2D eigenvalue weighted by atomic mass is 10.2. The third-order valence-corrected chi connectivity index (χ3v) is 5.07. The van der Waals surface area contributed by atoms with E-state index in [-0.39, 0.29) is 18.3 Å². The van der Waals surface area contributed by atoms with Gasteiger partial charge < -0.3 is 13.7 Å². The van der Waals surface area contributed by atoms with Gasteiger partial charge in [-0.3, -0.25) is 9.59 Å². The fourth-order valence-corrected chi connectivity index (χ4v) is 3.85. The second kappa shape index (κ2) is 7.20. The summed E-state index contributed by atoms with van der Waals surface area (Å²) in [6.07, 6.45) is 0. The molecule has 7 heteroatoms. The molecule has 0 saturated carbocycles. The summed E-state index contributed by atoms with van der Waals surface area (Å²) in [7, 11) is 0. The van der Waals surface area contributed by atoms with Crippen LogP contribution in [0.2, 0.25) is 0 Å². The molecule has 0 aliphatic carbocycles. The Morgan fingerprint density at radius 2 is 1.93 bits per heavy atom. The maximum absolute atomic E-state index is 12.6. The van der Waals surface area contributed by atoms with Crippen LogP contribution in [0.25, 0.3) is 21.2 Å². The van der Waals surface area contributed by atoms with Crippen LogP contribution < -0.4 is 4.80 Å². The van der Waals surface area contributed by atoms with Gasteiger partial charge in [-0.05, 0) is 31.2 Å². The third kappa shape index (κ3) is 3.41. The number of furan rings is 1. The quantitative estimate of drug-likeness (QED) is 0.505. The van der Waals surface area contributed by atoms with Crippen LogP contribution in [0.15, 0.2) is 64.0 Å². The second-order valence-electron chi connectivity index (χ2n) is 5.81. The normalized spacial score (nSPS) is 12.0. The molecule has 2 aromatic heterocycles. The van der Waals surface area contributed by atoms with Gasteiger partial charge in [0.05, 0.1) is 16.8 Å². The zero-order chi connectivity index (χ0) is 18.8. The number of hydrogen-bond donors (Lipinski definition) is 0. The highest BCUT2D eigenvalue weighted by atomic mass is 32.1. The number of rotatable bonds is 4. The number of benzene rings is 2. The lowest BCUT2D eigenvalue weighted by Gasteiger charge is -2.04. The van der Waals surface area contributed by atoms with Gasteiger partial charge in [-0.2, -0.15) is 4.99 Å². The van der Waals surface area contributed by atoms with Gasteiger partial charge in [0.15, 0.2) is 10.6 Å². The summed E-state index contributed by atoms with van der Waals surface area (Å²) < 4.78 is 13.3. The van der Waals surface area contributed by atoms with Crippen molar-refractivity contribution in [2.45, 2.75) is 13.5 Å². The van der Waals surface area contributed by atoms with Crippen molar-refractivity contribution in [3.05, 3.63) is 65.2 Å². The highest BCUT2D eigenvalue weighted by Crippen LogP contribution is 2.20. The van der Waals surface area contributed by atoms with Crippen molar-refractivity contribution in [1.82, 2.24) is 4.57 Å². The molecule has 2 aromatic carbocycles. The number of carbonyl (C=O) groups excluding carboxylic acids is 2.